The summed E-state index contributed by atoms with van der Waals surface area (Å²) in [6.45, 7) is 0. The molecule has 0 unspecified atom stereocenters. The van der Waals surface area contributed by atoms with Crippen molar-refractivity contribution < 1.29 is 18.3 Å². The molecule has 1 N–H and O–H groups in total. The molecule has 0 aliphatic rings. The van der Waals surface area contributed by atoms with Gasteiger partial charge in [-0.3, -0.25) is 4.57 Å². The lowest BCUT2D eigenvalue weighted by molar-refractivity contribution is -0.137. The van der Waals surface area contributed by atoms with Gasteiger partial charge in [0.1, 0.15) is 12.1 Å². The molecule has 3 nitrogen and oxygen atoms in total. The lowest BCUT2D eigenvalue weighted by Gasteiger charge is -2.10. The van der Waals surface area contributed by atoms with Crippen molar-refractivity contribution in [3.63, 3.8) is 0 Å². The summed E-state index contributed by atoms with van der Waals surface area (Å²) in [4.78, 5) is 4.10. The van der Waals surface area contributed by atoms with Crippen molar-refractivity contribution in [1.82, 2.24) is 9.55 Å². The van der Waals surface area contributed by atoms with E-state index >= 15 is 0 Å². The number of aromatic nitrogens is 2. The molecule has 0 amide bonds. The summed E-state index contributed by atoms with van der Waals surface area (Å²) in [5, 5.41) is 10.0. The molecule has 0 radical (unpaired) electrons. The van der Waals surface area contributed by atoms with Crippen LogP contribution in [-0.2, 0) is 6.18 Å². The molecule has 3 aromatic carbocycles. The smallest absolute Gasteiger partial charge is 0.416 e. The highest BCUT2D eigenvalue weighted by Gasteiger charge is 2.30. The van der Waals surface area contributed by atoms with Crippen LogP contribution in [0.3, 0.4) is 0 Å². The number of alkyl halides is 3. The van der Waals surface area contributed by atoms with Gasteiger partial charge in [0.2, 0.25) is 0 Å². The first-order chi connectivity index (χ1) is 12.4. The Balaban J connectivity index is 1.81. The van der Waals surface area contributed by atoms with E-state index in [0.29, 0.717) is 11.1 Å². The summed E-state index contributed by atoms with van der Waals surface area (Å²) in [5.74, 6) is 0.162. The van der Waals surface area contributed by atoms with Crippen molar-refractivity contribution >= 4 is 11.0 Å². The van der Waals surface area contributed by atoms with Gasteiger partial charge in [-0.15, -0.1) is 0 Å². The number of para-hydroxylation sites is 1. The van der Waals surface area contributed by atoms with E-state index in [2.05, 4.69) is 4.98 Å². The Hall–Kier alpha value is -3.28. The molecule has 4 aromatic rings. The molecule has 0 bridgehead atoms. The standard InChI is InChI=1S/C20H13F3N2O/c21-20(22,23)14-8-9-18-17(11-14)24-12-25(18)15-5-3-4-13(10-15)16-6-1-2-7-19(16)26/h1-12,26H. The summed E-state index contributed by atoms with van der Waals surface area (Å²) in [6, 6.07) is 17.9. The number of halogens is 3. The third-order valence-corrected chi connectivity index (χ3v) is 4.21. The topological polar surface area (TPSA) is 38.0 Å². The normalized spacial score (nSPS) is 11.8. The van der Waals surface area contributed by atoms with Crippen LogP contribution in [0, 0.1) is 0 Å². The maximum Gasteiger partial charge on any atom is 0.416 e. The van der Waals surface area contributed by atoms with E-state index in [0.717, 1.165) is 23.4 Å². The summed E-state index contributed by atoms with van der Waals surface area (Å²) in [5.41, 5.74) is 2.35. The van der Waals surface area contributed by atoms with Gasteiger partial charge in [-0.05, 0) is 42.0 Å². The van der Waals surface area contributed by atoms with Crippen molar-refractivity contribution in [2.75, 3.05) is 0 Å². The Morgan fingerprint density at radius 2 is 1.69 bits per heavy atom. The van der Waals surface area contributed by atoms with E-state index < -0.39 is 11.7 Å². The minimum Gasteiger partial charge on any atom is -0.507 e. The van der Waals surface area contributed by atoms with Gasteiger partial charge in [-0.25, -0.2) is 4.98 Å². The SMILES string of the molecule is Oc1ccccc1-c1cccc(-n2cnc3cc(C(F)(F)F)ccc32)c1. The van der Waals surface area contributed by atoms with Crippen molar-refractivity contribution in [2.45, 2.75) is 6.18 Å². The minimum absolute atomic E-state index is 0.162. The number of nitrogens with zero attached hydrogens (tertiary/aromatic N) is 2. The Morgan fingerprint density at radius 3 is 2.46 bits per heavy atom. The zero-order chi connectivity index (χ0) is 18.3. The van der Waals surface area contributed by atoms with Gasteiger partial charge >= 0.3 is 6.18 Å². The van der Waals surface area contributed by atoms with Crippen molar-refractivity contribution in [3.05, 3.63) is 78.6 Å². The molecule has 0 saturated heterocycles. The van der Waals surface area contributed by atoms with Gasteiger partial charge in [0.25, 0.3) is 0 Å². The zero-order valence-corrected chi connectivity index (χ0v) is 13.4. The molecule has 0 aliphatic carbocycles. The number of fused-ring (bicyclic) bond motifs is 1. The fraction of sp³-hybridized carbons (Fsp3) is 0.0500. The third kappa shape index (κ3) is 2.79. The third-order valence-electron chi connectivity index (χ3n) is 4.21. The Labute approximate surface area is 147 Å². The number of rotatable bonds is 2. The predicted octanol–water partition coefficient (Wildman–Crippen LogP) is 5.42. The largest absolute Gasteiger partial charge is 0.507 e. The van der Waals surface area contributed by atoms with Crippen LogP contribution in [0.2, 0.25) is 0 Å². The fourth-order valence-electron chi connectivity index (χ4n) is 2.94. The average molecular weight is 354 g/mol. The molecule has 130 valence electrons. The van der Waals surface area contributed by atoms with E-state index in [9.17, 15) is 18.3 Å². The molecule has 0 aliphatic heterocycles. The Kier molecular flexibility index (Phi) is 3.68. The predicted molar refractivity (Wildman–Crippen MR) is 93.2 cm³/mol. The second-order valence-corrected chi connectivity index (χ2v) is 5.88. The first-order valence-corrected chi connectivity index (χ1v) is 7.86. The lowest BCUT2D eigenvalue weighted by Crippen LogP contribution is -2.04. The number of hydrogen-bond acceptors (Lipinski definition) is 2. The summed E-state index contributed by atoms with van der Waals surface area (Å²) in [7, 11) is 0. The molecule has 4 rings (SSSR count). The number of hydrogen-bond donors (Lipinski definition) is 1. The second-order valence-electron chi connectivity index (χ2n) is 5.88. The number of benzene rings is 3. The molecular formula is C20H13F3N2O. The lowest BCUT2D eigenvalue weighted by atomic mass is 10.0. The summed E-state index contributed by atoms with van der Waals surface area (Å²) in [6.07, 6.45) is -2.91. The van der Waals surface area contributed by atoms with Crippen LogP contribution < -0.4 is 0 Å². The van der Waals surface area contributed by atoms with Gasteiger partial charge in [-0.2, -0.15) is 13.2 Å². The number of phenols is 1. The summed E-state index contributed by atoms with van der Waals surface area (Å²) >= 11 is 0. The van der Waals surface area contributed by atoms with Crippen molar-refractivity contribution in [2.24, 2.45) is 0 Å². The van der Waals surface area contributed by atoms with E-state index in [1.54, 1.807) is 22.8 Å². The van der Waals surface area contributed by atoms with E-state index in [-0.39, 0.29) is 11.3 Å². The molecule has 0 spiro atoms. The van der Waals surface area contributed by atoms with Crippen LogP contribution in [0.1, 0.15) is 5.56 Å². The van der Waals surface area contributed by atoms with Crippen LogP contribution in [0.5, 0.6) is 5.75 Å². The monoisotopic (exact) mass is 354 g/mol. The molecule has 0 saturated carbocycles. The van der Waals surface area contributed by atoms with Crippen LogP contribution in [0.4, 0.5) is 13.2 Å². The molecule has 1 aromatic heterocycles. The van der Waals surface area contributed by atoms with Crippen LogP contribution in [0.25, 0.3) is 27.8 Å². The van der Waals surface area contributed by atoms with Crippen LogP contribution >= 0.6 is 0 Å². The number of aromatic hydroxyl groups is 1. The first kappa shape index (κ1) is 16.2. The van der Waals surface area contributed by atoms with Gasteiger partial charge in [-0.1, -0.05) is 30.3 Å². The fourth-order valence-corrected chi connectivity index (χ4v) is 2.94. The highest BCUT2D eigenvalue weighted by Crippen LogP contribution is 2.33. The van der Waals surface area contributed by atoms with E-state index in [1.807, 2.05) is 30.3 Å². The zero-order valence-electron chi connectivity index (χ0n) is 13.4. The maximum atomic E-state index is 12.9. The maximum absolute atomic E-state index is 12.9. The first-order valence-electron chi connectivity index (χ1n) is 7.86. The van der Waals surface area contributed by atoms with Crippen molar-refractivity contribution in [1.29, 1.82) is 0 Å². The highest BCUT2D eigenvalue weighted by molar-refractivity contribution is 5.79. The highest BCUT2D eigenvalue weighted by atomic mass is 19.4. The minimum atomic E-state index is -4.40. The molecule has 1 heterocycles. The van der Waals surface area contributed by atoms with Crippen LogP contribution in [0.15, 0.2) is 73.1 Å². The second kappa shape index (κ2) is 5.91. The van der Waals surface area contributed by atoms with Crippen molar-refractivity contribution in [3.8, 4) is 22.6 Å². The molecule has 0 atom stereocenters. The number of phenolic OH excluding ortho intramolecular Hbond substituents is 1. The van der Waals surface area contributed by atoms with Gasteiger partial charge < -0.3 is 5.11 Å². The number of imidazole rings is 1. The quantitative estimate of drug-likeness (QED) is 0.522. The Morgan fingerprint density at radius 1 is 0.885 bits per heavy atom. The van der Waals surface area contributed by atoms with Gasteiger partial charge in [0.05, 0.1) is 16.6 Å². The van der Waals surface area contributed by atoms with E-state index in [1.165, 1.54) is 12.4 Å². The molecule has 6 heteroatoms. The Bertz CT molecular complexity index is 1100. The van der Waals surface area contributed by atoms with Gasteiger partial charge in [0, 0.05) is 11.3 Å². The molecular weight excluding hydrogens is 341 g/mol. The van der Waals surface area contributed by atoms with E-state index in [4.69, 9.17) is 0 Å². The molecule has 26 heavy (non-hydrogen) atoms. The summed E-state index contributed by atoms with van der Waals surface area (Å²) < 4.78 is 40.3. The van der Waals surface area contributed by atoms with Crippen LogP contribution in [-0.4, -0.2) is 14.7 Å². The van der Waals surface area contributed by atoms with Gasteiger partial charge in [0.15, 0.2) is 0 Å². The molecule has 0 fully saturated rings. The average Bonchev–Trinajstić information content (AvgIpc) is 3.05.